The molecule has 1 fully saturated rings. The molecule has 0 saturated heterocycles. The smallest absolute Gasteiger partial charge is 0.165 e. The van der Waals surface area contributed by atoms with Gasteiger partial charge in [-0.25, -0.2) is 4.98 Å². The molecule has 170 valence electrons. The molecule has 3 heterocycles. The standard InChI is InChI=1S/C27H36N4O/c1-16-13-17(2)24(18(3)14-16)25-20(5)29-31-26(25)28-19(4)23-10-9-22(15-21-7-8-21)30(27(23)31)11-12-32-6/h13-14,21-22H,7-12,15H2,1-6H3. The lowest BCUT2D eigenvalue weighted by molar-refractivity contribution is 0.201. The van der Waals surface area contributed by atoms with Gasteiger partial charge in [0, 0.05) is 31.0 Å². The maximum Gasteiger partial charge on any atom is 0.165 e. The van der Waals surface area contributed by atoms with E-state index in [0.717, 1.165) is 42.5 Å². The Balaban J connectivity index is 1.72. The number of hydrogen-bond acceptors (Lipinski definition) is 4. The van der Waals surface area contributed by atoms with E-state index in [2.05, 4.69) is 56.2 Å². The van der Waals surface area contributed by atoms with Crippen molar-refractivity contribution >= 4 is 11.5 Å². The van der Waals surface area contributed by atoms with Crippen LogP contribution in [0.2, 0.25) is 0 Å². The zero-order chi connectivity index (χ0) is 22.6. The van der Waals surface area contributed by atoms with E-state index in [-0.39, 0.29) is 0 Å². The lowest BCUT2D eigenvalue weighted by Crippen LogP contribution is -2.43. The Morgan fingerprint density at radius 1 is 0.969 bits per heavy atom. The van der Waals surface area contributed by atoms with Gasteiger partial charge in [0.1, 0.15) is 5.82 Å². The van der Waals surface area contributed by atoms with Gasteiger partial charge in [-0.1, -0.05) is 30.5 Å². The van der Waals surface area contributed by atoms with E-state index in [0.29, 0.717) is 6.04 Å². The third-order valence-electron chi connectivity index (χ3n) is 7.42. The average molecular weight is 433 g/mol. The highest BCUT2D eigenvalue weighted by molar-refractivity contribution is 5.85. The Morgan fingerprint density at radius 3 is 2.34 bits per heavy atom. The average Bonchev–Trinajstić information content (AvgIpc) is 3.49. The van der Waals surface area contributed by atoms with Crippen LogP contribution in [0.5, 0.6) is 0 Å². The van der Waals surface area contributed by atoms with E-state index in [1.807, 2.05) is 0 Å². The van der Waals surface area contributed by atoms with Crippen molar-refractivity contribution in [1.82, 2.24) is 14.6 Å². The molecule has 1 aromatic carbocycles. The molecule has 0 radical (unpaired) electrons. The maximum absolute atomic E-state index is 5.52. The van der Waals surface area contributed by atoms with Gasteiger partial charge in [-0.2, -0.15) is 9.61 Å². The van der Waals surface area contributed by atoms with Gasteiger partial charge < -0.3 is 9.64 Å². The van der Waals surface area contributed by atoms with Crippen LogP contribution in [-0.2, 0) is 11.2 Å². The van der Waals surface area contributed by atoms with Crippen molar-refractivity contribution in [2.24, 2.45) is 5.92 Å². The number of nitrogens with zero attached hydrogens (tertiary/aromatic N) is 4. The molecule has 2 aromatic heterocycles. The van der Waals surface area contributed by atoms with Crippen LogP contribution in [0, 0.1) is 40.5 Å². The van der Waals surface area contributed by atoms with Gasteiger partial charge in [0.2, 0.25) is 0 Å². The Labute approximate surface area is 191 Å². The molecule has 0 N–H and O–H groups in total. The molecule has 0 bridgehead atoms. The molecule has 2 aliphatic rings. The van der Waals surface area contributed by atoms with Crippen LogP contribution in [-0.4, -0.2) is 40.9 Å². The zero-order valence-corrected chi connectivity index (χ0v) is 20.5. The largest absolute Gasteiger partial charge is 0.383 e. The third kappa shape index (κ3) is 3.61. The first-order valence-corrected chi connectivity index (χ1v) is 12.1. The van der Waals surface area contributed by atoms with E-state index in [1.54, 1.807) is 7.11 Å². The molecule has 3 aromatic rings. The zero-order valence-electron chi connectivity index (χ0n) is 20.5. The van der Waals surface area contributed by atoms with Crippen molar-refractivity contribution in [2.45, 2.75) is 72.8 Å². The summed E-state index contributed by atoms with van der Waals surface area (Å²) in [6.45, 7) is 12.5. The second kappa shape index (κ2) is 8.18. The van der Waals surface area contributed by atoms with Crippen LogP contribution in [0.1, 0.15) is 59.3 Å². The molecular formula is C27H36N4O. The summed E-state index contributed by atoms with van der Waals surface area (Å²) in [5.41, 5.74) is 10.9. The molecule has 5 rings (SSSR count). The topological polar surface area (TPSA) is 42.7 Å². The predicted molar refractivity (Wildman–Crippen MR) is 131 cm³/mol. The fourth-order valence-corrected chi connectivity index (χ4v) is 5.84. The van der Waals surface area contributed by atoms with Crippen molar-refractivity contribution < 1.29 is 4.74 Å². The number of aromatic nitrogens is 3. The van der Waals surface area contributed by atoms with E-state index < -0.39 is 0 Å². The highest BCUT2D eigenvalue weighted by Gasteiger charge is 2.35. The van der Waals surface area contributed by atoms with Gasteiger partial charge in [0.05, 0.1) is 17.9 Å². The fraction of sp³-hybridized carbons (Fsp3) is 0.556. The van der Waals surface area contributed by atoms with Gasteiger partial charge in [-0.15, -0.1) is 0 Å². The minimum atomic E-state index is 0.561. The molecular weight excluding hydrogens is 396 g/mol. The number of benzene rings is 1. The van der Waals surface area contributed by atoms with E-state index in [9.17, 15) is 0 Å². The van der Waals surface area contributed by atoms with Crippen molar-refractivity contribution in [3.63, 3.8) is 0 Å². The number of hydrogen-bond donors (Lipinski definition) is 0. The van der Waals surface area contributed by atoms with Crippen molar-refractivity contribution in [2.75, 3.05) is 25.2 Å². The number of methoxy groups -OCH3 is 1. The highest BCUT2D eigenvalue weighted by Crippen LogP contribution is 2.42. The van der Waals surface area contributed by atoms with E-state index in [4.69, 9.17) is 14.8 Å². The van der Waals surface area contributed by atoms with E-state index >= 15 is 0 Å². The third-order valence-corrected chi connectivity index (χ3v) is 7.42. The number of fused-ring (bicyclic) bond motifs is 3. The van der Waals surface area contributed by atoms with Crippen LogP contribution in [0.25, 0.3) is 16.8 Å². The summed E-state index contributed by atoms with van der Waals surface area (Å²) >= 11 is 0. The minimum Gasteiger partial charge on any atom is -0.383 e. The number of rotatable bonds is 6. The monoisotopic (exact) mass is 432 g/mol. The second-order valence-electron chi connectivity index (χ2n) is 10.0. The highest BCUT2D eigenvalue weighted by atomic mass is 16.5. The lowest BCUT2D eigenvalue weighted by atomic mass is 9.92. The molecule has 1 aliphatic heterocycles. The van der Waals surface area contributed by atoms with Crippen molar-refractivity contribution in [3.05, 3.63) is 45.8 Å². The normalized spacial score (nSPS) is 18.4. The maximum atomic E-state index is 5.52. The summed E-state index contributed by atoms with van der Waals surface area (Å²) in [6.07, 6.45) is 6.36. The van der Waals surface area contributed by atoms with Gasteiger partial charge in [0.15, 0.2) is 5.65 Å². The Bertz CT molecular complexity index is 1150. The summed E-state index contributed by atoms with van der Waals surface area (Å²) in [5.74, 6) is 2.15. The fourth-order valence-electron chi connectivity index (χ4n) is 5.84. The summed E-state index contributed by atoms with van der Waals surface area (Å²) < 4.78 is 7.68. The number of ether oxygens (including phenoxy) is 1. The Hall–Kier alpha value is -2.40. The van der Waals surface area contributed by atoms with E-state index in [1.165, 1.54) is 64.9 Å². The quantitative estimate of drug-likeness (QED) is 0.515. The van der Waals surface area contributed by atoms with Crippen LogP contribution < -0.4 is 4.90 Å². The number of anilines is 1. The molecule has 0 spiro atoms. The first-order valence-electron chi connectivity index (χ1n) is 12.1. The molecule has 1 unspecified atom stereocenters. The van der Waals surface area contributed by atoms with Crippen LogP contribution in [0.4, 0.5) is 5.82 Å². The number of aryl methyl sites for hydroxylation is 5. The summed E-state index contributed by atoms with van der Waals surface area (Å²) in [6, 6.07) is 5.10. The first kappa shape index (κ1) is 21.4. The molecule has 0 amide bonds. The van der Waals surface area contributed by atoms with Gasteiger partial charge in [-0.3, -0.25) is 0 Å². The lowest BCUT2D eigenvalue weighted by Gasteiger charge is -2.39. The molecule has 32 heavy (non-hydrogen) atoms. The second-order valence-corrected chi connectivity index (χ2v) is 10.0. The molecule has 5 nitrogen and oxygen atoms in total. The van der Waals surface area contributed by atoms with Crippen molar-refractivity contribution in [3.8, 4) is 11.1 Å². The summed E-state index contributed by atoms with van der Waals surface area (Å²) in [7, 11) is 1.80. The van der Waals surface area contributed by atoms with Gasteiger partial charge in [-0.05, 0) is 76.5 Å². The van der Waals surface area contributed by atoms with Gasteiger partial charge in [0.25, 0.3) is 0 Å². The Kier molecular flexibility index (Phi) is 5.48. The van der Waals surface area contributed by atoms with Crippen LogP contribution in [0.3, 0.4) is 0 Å². The summed E-state index contributed by atoms with van der Waals surface area (Å²) in [4.78, 5) is 7.74. The van der Waals surface area contributed by atoms with Gasteiger partial charge >= 0.3 is 0 Å². The first-order chi connectivity index (χ1) is 15.4. The van der Waals surface area contributed by atoms with Crippen molar-refractivity contribution in [1.29, 1.82) is 0 Å². The molecule has 1 aliphatic carbocycles. The molecule has 5 heteroatoms. The SMILES string of the molecule is COCCN1c2c(c(C)nc3c(-c4c(C)cc(C)cc4C)c(C)nn23)CCC1CC1CC1. The van der Waals surface area contributed by atoms with Crippen LogP contribution >= 0.6 is 0 Å². The minimum absolute atomic E-state index is 0.561. The molecule has 1 atom stereocenters. The summed E-state index contributed by atoms with van der Waals surface area (Å²) in [5, 5.41) is 5.11. The van der Waals surface area contributed by atoms with Crippen LogP contribution in [0.15, 0.2) is 12.1 Å². The Morgan fingerprint density at radius 2 is 1.69 bits per heavy atom. The predicted octanol–water partition coefficient (Wildman–Crippen LogP) is 5.51. The molecule has 1 saturated carbocycles.